The Morgan fingerprint density at radius 2 is 2.24 bits per heavy atom. The minimum absolute atomic E-state index is 0.0168. The molecule has 1 aliphatic rings. The molecule has 0 bridgehead atoms. The quantitative estimate of drug-likeness (QED) is 0.732. The second-order valence-corrected chi connectivity index (χ2v) is 4.51. The lowest BCUT2D eigenvalue weighted by Gasteiger charge is -2.16. The molecule has 1 saturated heterocycles. The van der Waals surface area contributed by atoms with Crippen molar-refractivity contribution in [3.63, 3.8) is 0 Å². The Balaban J connectivity index is 2.26. The third-order valence-electron chi connectivity index (χ3n) is 3.28. The maximum Gasteiger partial charge on any atom is 0.310 e. The van der Waals surface area contributed by atoms with Gasteiger partial charge in [-0.05, 0) is 24.7 Å². The van der Waals surface area contributed by atoms with E-state index in [-0.39, 0.29) is 23.6 Å². The van der Waals surface area contributed by atoms with Gasteiger partial charge < -0.3 is 9.64 Å². The molecular formula is C13H16FNO2. The zero-order valence-electron chi connectivity index (χ0n) is 10.0. The number of ether oxygens (including phenoxy) is 1. The fourth-order valence-corrected chi connectivity index (χ4v) is 2.47. The number of hydrogen-bond acceptors (Lipinski definition) is 3. The van der Waals surface area contributed by atoms with Crippen molar-refractivity contribution in [2.24, 2.45) is 5.92 Å². The van der Waals surface area contributed by atoms with Crippen LogP contribution in [0, 0.1) is 11.7 Å². The van der Waals surface area contributed by atoms with Crippen molar-refractivity contribution >= 4 is 5.97 Å². The van der Waals surface area contributed by atoms with Crippen LogP contribution < -0.4 is 0 Å². The van der Waals surface area contributed by atoms with Crippen LogP contribution in [0.3, 0.4) is 0 Å². The summed E-state index contributed by atoms with van der Waals surface area (Å²) in [6.07, 6.45) is 0. The maximum atomic E-state index is 13.2. The van der Waals surface area contributed by atoms with E-state index >= 15 is 0 Å². The topological polar surface area (TPSA) is 29.5 Å². The van der Waals surface area contributed by atoms with E-state index in [0.717, 1.165) is 12.1 Å². The van der Waals surface area contributed by atoms with Crippen LogP contribution in [0.5, 0.6) is 0 Å². The minimum Gasteiger partial charge on any atom is -0.469 e. The summed E-state index contributed by atoms with van der Waals surface area (Å²) < 4.78 is 18.0. The molecule has 17 heavy (non-hydrogen) atoms. The number of halogens is 1. The highest BCUT2D eigenvalue weighted by Gasteiger charge is 2.37. The second-order valence-electron chi connectivity index (χ2n) is 4.51. The lowest BCUT2D eigenvalue weighted by Crippen LogP contribution is -2.23. The summed E-state index contributed by atoms with van der Waals surface area (Å²) in [5.41, 5.74) is 0.866. The standard InChI is InChI=1S/C13H16FNO2/c1-15-7-11(12(8-15)13(16)17-2)9-4-3-5-10(14)6-9/h3-6,11-12H,7-8H2,1-2H3. The van der Waals surface area contributed by atoms with Crippen LogP contribution in [0.1, 0.15) is 11.5 Å². The van der Waals surface area contributed by atoms with Crippen molar-refractivity contribution < 1.29 is 13.9 Å². The number of esters is 1. The Morgan fingerprint density at radius 1 is 1.47 bits per heavy atom. The molecule has 3 nitrogen and oxygen atoms in total. The smallest absolute Gasteiger partial charge is 0.310 e. The molecule has 1 fully saturated rings. The molecule has 1 aliphatic heterocycles. The molecule has 1 aromatic rings. The first-order valence-corrected chi connectivity index (χ1v) is 5.63. The van der Waals surface area contributed by atoms with Crippen LogP contribution in [0.25, 0.3) is 0 Å². The van der Waals surface area contributed by atoms with Gasteiger partial charge in [-0.2, -0.15) is 0 Å². The zero-order valence-corrected chi connectivity index (χ0v) is 10.0. The largest absolute Gasteiger partial charge is 0.469 e. The first-order valence-electron chi connectivity index (χ1n) is 5.63. The first kappa shape index (κ1) is 12.0. The highest BCUT2D eigenvalue weighted by Crippen LogP contribution is 2.32. The molecule has 0 saturated carbocycles. The van der Waals surface area contributed by atoms with Gasteiger partial charge in [-0.1, -0.05) is 12.1 Å². The van der Waals surface area contributed by atoms with Crippen molar-refractivity contribution in [3.05, 3.63) is 35.6 Å². The molecular weight excluding hydrogens is 221 g/mol. The van der Waals surface area contributed by atoms with Gasteiger partial charge in [-0.25, -0.2) is 4.39 Å². The van der Waals surface area contributed by atoms with Gasteiger partial charge in [0.05, 0.1) is 13.0 Å². The number of likely N-dealkylation sites (tertiary alicyclic amines) is 1. The van der Waals surface area contributed by atoms with Gasteiger partial charge in [-0.15, -0.1) is 0 Å². The molecule has 1 heterocycles. The van der Waals surface area contributed by atoms with E-state index < -0.39 is 0 Å². The van der Waals surface area contributed by atoms with Gasteiger partial charge in [0.25, 0.3) is 0 Å². The van der Waals surface area contributed by atoms with Gasteiger partial charge in [-0.3, -0.25) is 4.79 Å². The Morgan fingerprint density at radius 3 is 2.88 bits per heavy atom. The molecule has 0 N–H and O–H groups in total. The number of carbonyl (C=O) groups is 1. The number of benzene rings is 1. The van der Waals surface area contributed by atoms with Gasteiger partial charge in [0.2, 0.25) is 0 Å². The lowest BCUT2D eigenvalue weighted by molar-refractivity contribution is -0.145. The van der Waals surface area contributed by atoms with Crippen molar-refractivity contribution in [2.75, 3.05) is 27.2 Å². The first-order chi connectivity index (χ1) is 8.11. The third-order valence-corrected chi connectivity index (χ3v) is 3.28. The van der Waals surface area contributed by atoms with E-state index in [1.165, 1.54) is 19.2 Å². The number of methoxy groups -OCH3 is 1. The zero-order chi connectivity index (χ0) is 12.4. The molecule has 2 rings (SSSR count). The number of hydrogen-bond donors (Lipinski definition) is 0. The van der Waals surface area contributed by atoms with Gasteiger partial charge in [0.1, 0.15) is 5.82 Å². The Bertz CT molecular complexity index is 422. The maximum absolute atomic E-state index is 13.2. The van der Waals surface area contributed by atoms with E-state index in [1.54, 1.807) is 6.07 Å². The Kier molecular flexibility index (Phi) is 3.43. The highest BCUT2D eigenvalue weighted by atomic mass is 19.1. The van der Waals surface area contributed by atoms with E-state index in [9.17, 15) is 9.18 Å². The fraction of sp³-hybridized carbons (Fsp3) is 0.462. The second kappa shape index (κ2) is 4.84. The van der Waals surface area contributed by atoms with Crippen LogP contribution in [0.15, 0.2) is 24.3 Å². The average molecular weight is 237 g/mol. The molecule has 4 heteroatoms. The SMILES string of the molecule is COC(=O)C1CN(C)CC1c1cccc(F)c1. The number of nitrogens with zero attached hydrogens (tertiary/aromatic N) is 1. The van der Waals surface area contributed by atoms with Crippen molar-refractivity contribution in [3.8, 4) is 0 Å². The summed E-state index contributed by atoms with van der Waals surface area (Å²) in [5, 5.41) is 0. The predicted octanol–water partition coefficient (Wildman–Crippen LogP) is 1.64. The predicted molar refractivity (Wildman–Crippen MR) is 62.1 cm³/mol. The minimum atomic E-state index is -0.263. The monoisotopic (exact) mass is 237 g/mol. The van der Waals surface area contributed by atoms with Crippen LogP contribution in [-0.2, 0) is 9.53 Å². The molecule has 0 aliphatic carbocycles. The van der Waals surface area contributed by atoms with E-state index in [1.807, 2.05) is 13.1 Å². The van der Waals surface area contributed by atoms with Gasteiger partial charge >= 0.3 is 5.97 Å². The van der Waals surface area contributed by atoms with Gasteiger partial charge in [0, 0.05) is 19.0 Å². The van der Waals surface area contributed by atoms with E-state index in [2.05, 4.69) is 4.90 Å². The summed E-state index contributed by atoms with van der Waals surface area (Å²) in [6.45, 7) is 1.41. The molecule has 0 amide bonds. The number of rotatable bonds is 2. The summed E-state index contributed by atoms with van der Waals surface area (Å²) >= 11 is 0. The van der Waals surface area contributed by atoms with E-state index in [4.69, 9.17) is 4.74 Å². The summed E-state index contributed by atoms with van der Waals surface area (Å²) in [4.78, 5) is 13.8. The lowest BCUT2D eigenvalue weighted by atomic mass is 9.89. The van der Waals surface area contributed by atoms with Crippen molar-refractivity contribution in [1.29, 1.82) is 0 Å². The third kappa shape index (κ3) is 2.47. The van der Waals surface area contributed by atoms with Crippen molar-refractivity contribution in [2.45, 2.75) is 5.92 Å². The Hall–Kier alpha value is -1.42. The van der Waals surface area contributed by atoms with Gasteiger partial charge in [0.15, 0.2) is 0 Å². The molecule has 0 aromatic heterocycles. The fourth-order valence-electron chi connectivity index (χ4n) is 2.47. The molecule has 2 unspecified atom stereocenters. The number of carbonyl (C=O) groups excluding carboxylic acids is 1. The van der Waals surface area contributed by atoms with Crippen molar-refractivity contribution in [1.82, 2.24) is 4.90 Å². The number of likely N-dealkylation sites (N-methyl/N-ethyl adjacent to an activating group) is 1. The average Bonchev–Trinajstić information content (AvgIpc) is 2.70. The molecule has 0 spiro atoms. The molecule has 0 radical (unpaired) electrons. The van der Waals surface area contributed by atoms with Crippen LogP contribution in [-0.4, -0.2) is 38.1 Å². The highest BCUT2D eigenvalue weighted by molar-refractivity contribution is 5.74. The van der Waals surface area contributed by atoms with E-state index in [0.29, 0.717) is 6.54 Å². The summed E-state index contributed by atoms with van der Waals surface area (Å²) in [6, 6.07) is 6.45. The van der Waals surface area contributed by atoms with Crippen LogP contribution >= 0.6 is 0 Å². The molecule has 1 aromatic carbocycles. The normalized spacial score (nSPS) is 24.9. The Labute approximate surface area is 100 Å². The summed E-state index contributed by atoms with van der Waals surface area (Å²) in [5.74, 6) is -0.667. The molecule has 2 atom stereocenters. The molecule has 92 valence electrons. The summed E-state index contributed by atoms with van der Waals surface area (Å²) in [7, 11) is 3.35. The van der Waals surface area contributed by atoms with Crippen LogP contribution in [0.2, 0.25) is 0 Å². The van der Waals surface area contributed by atoms with Crippen LogP contribution in [0.4, 0.5) is 4.39 Å².